The number of nitriles is 1. The van der Waals surface area contributed by atoms with E-state index in [2.05, 4.69) is 6.07 Å². The van der Waals surface area contributed by atoms with Crippen LogP contribution in [0, 0.1) is 11.3 Å². The first-order valence-electron chi connectivity index (χ1n) is 5.10. The molecule has 1 fully saturated rings. The maximum Gasteiger partial charge on any atom is 0.263 e. The van der Waals surface area contributed by atoms with E-state index in [0.717, 1.165) is 25.9 Å². The highest BCUT2D eigenvalue weighted by molar-refractivity contribution is 7.14. The zero-order valence-electron chi connectivity index (χ0n) is 8.40. The highest BCUT2D eigenvalue weighted by atomic mass is 32.1. The summed E-state index contributed by atoms with van der Waals surface area (Å²) < 4.78 is 0. The summed E-state index contributed by atoms with van der Waals surface area (Å²) in [6.07, 6.45) is 3.42. The number of carbonyl (C=O) groups is 1. The van der Waals surface area contributed by atoms with E-state index in [1.54, 1.807) is 12.1 Å². The van der Waals surface area contributed by atoms with E-state index in [1.165, 1.54) is 17.8 Å². The summed E-state index contributed by atoms with van der Waals surface area (Å²) in [5, 5.41) is 8.68. The molecule has 1 amide bonds. The van der Waals surface area contributed by atoms with Crippen LogP contribution in [0.2, 0.25) is 0 Å². The van der Waals surface area contributed by atoms with E-state index in [1.807, 2.05) is 4.90 Å². The smallest absolute Gasteiger partial charge is 0.263 e. The van der Waals surface area contributed by atoms with E-state index < -0.39 is 0 Å². The lowest BCUT2D eigenvalue weighted by molar-refractivity contribution is 0.0729. The fourth-order valence-electron chi connectivity index (χ4n) is 1.77. The second kappa shape index (κ2) is 4.45. The summed E-state index contributed by atoms with van der Waals surface area (Å²) in [6.45, 7) is 1.72. The van der Waals surface area contributed by atoms with Gasteiger partial charge in [-0.25, -0.2) is 0 Å². The van der Waals surface area contributed by atoms with Gasteiger partial charge in [-0.05, 0) is 31.4 Å². The molecule has 1 aliphatic heterocycles. The first-order chi connectivity index (χ1) is 7.31. The monoisotopic (exact) mass is 220 g/mol. The Morgan fingerprint density at radius 3 is 2.67 bits per heavy atom. The van der Waals surface area contributed by atoms with Gasteiger partial charge >= 0.3 is 0 Å². The van der Waals surface area contributed by atoms with Crippen LogP contribution >= 0.6 is 11.3 Å². The summed E-state index contributed by atoms with van der Waals surface area (Å²) in [7, 11) is 0. The van der Waals surface area contributed by atoms with Crippen LogP contribution in [0.3, 0.4) is 0 Å². The van der Waals surface area contributed by atoms with E-state index in [9.17, 15) is 4.79 Å². The highest BCUT2D eigenvalue weighted by Crippen LogP contribution is 2.19. The molecule has 0 aliphatic carbocycles. The van der Waals surface area contributed by atoms with Crippen LogP contribution in [0.5, 0.6) is 0 Å². The zero-order valence-corrected chi connectivity index (χ0v) is 9.22. The Kier molecular flexibility index (Phi) is 3.02. The average Bonchev–Trinajstić information content (AvgIpc) is 2.78. The minimum atomic E-state index is 0.0844. The quantitative estimate of drug-likeness (QED) is 0.728. The van der Waals surface area contributed by atoms with Crippen molar-refractivity contribution in [1.29, 1.82) is 5.26 Å². The third-order valence-corrected chi connectivity index (χ3v) is 3.55. The Morgan fingerprint density at radius 2 is 2.07 bits per heavy atom. The van der Waals surface area contributed by atoms with Crippen molar-refractivity contribution in [3.8, 4) is 6.07 Å². The lowest BCUT2D eigenvalue weighted by Gasteiger charge is -2.26. The standard InChI is InChI=1S/C11H12N2OS/c12-8-9-4-5-10(15-9)11(14)13-6-2-1-3-7-13/h4-5H,1-3,6-7H2. The van der Waals surface area contributed by atoms with Gasteiger partial charge in [0.25, 0.3) is 5.91 Å². The third kappa shape index (κ3) is 2.18. The number of rotatable bonds is 1. The van der Waals surface area contributed by atoms with Gasteiger partial charge in [-0.15, -0.1) is 11.3 Å². The number of amides is 1. The molecule has 1 aliphatic rings. The van der Waals surface area contributed by atoms with Crippen LogP contribution in [-0.2, 0) is 0 Å². The molecule has 78 valence electrons. The van der Waals surface area contributed by atoms with Crippen molar-refractivity contribution in [2.75, 3.05) is 13.1 Å². The Bertz CT molecular complexity index is 399. The second-order valence-electron chi connectivity index (χ2n) is 3.63. The normalized spacial score (nSPS) is 16.1. The van der Waals surface area contributed by atoms with E-state index in [0.29, 0.717) is 9.75 Å². The lowest BCUT2D eigenvalue weighted by atomic mass is 10.1. The third-order valence-electron chi connectivity index (χ3n) is 2.57. The van der Waals surface area contributed by atoms with Crippen molar-refractivity contribution >= 4 is 17.2 Å². The first kappa shape index (κ1) is 10.2. The summed E-state index contributed by atoms with van der Waals surface area (Å²) >= 11 is 1.28. The van der Waals surface area contributed by atoms with E-state index in [4.69, 9.17) is 5.26 Å². The number of thiophene rings is 1. The molecule has 2 rings (SSSR count). The molecule has 0 atom stereocenters. The summed E-state index contributed by atoms with van der Waals surface area (Å²) in [5.41, 5.74) is 0. The van der Waals surface area contributed by atoms with Gasteiger partial charge in [-0.1, -0.05) is 0 Å². The Labute approximate surface area is 92.9 Å². The van der Waals surface area contributed by atoms with Crippen LogP contribution in [0.1, 0.15) is 33.8 Å². The Balaban J connectivity index is 2.09. The molecule has 1 saturated heterocycles. The van der Waals surface area contributed by atoms with E-state index >= 15 is 0 Å². The molecular weight excluding hydrogens is 208 g/mol. The minimum Gasteiger partial charge on any atom is -0.338 e. The van der Waals surface area contributed by atoms with Crippen LogP contribution in [0.15, 0.2) is 12.1 Å². The van der Waals surface area contributed by atoms with E-state index in [-0.39, 0.29) is 5.91 Å². The van der Waals surface area contributed by atoms with Crippen LogP contribution in [0.4, 0.5) is 0 Å². The molecule has 4 heteroatoms. The SMILES string of the molecule is N#Cc1ccc(C(=O)N2CCCCC2)s1. The van der Waals surface area contributed by atoms with Crippen LogP contribution < -0.4 is 0 Å². The Morgan fingerprint density at radius 1 is 1.33 bits per heavy atom. The highest BCUT2D eigenvalue weighted by Gasteiger charge is 2.19. The van der Waals surface area contributed by atoms with Crippen molar-refractivity contribution in [1.82, 2.24) is 4.90 Å². The van der Waals surface area contributed by atoms with Crippen molar-refractivity contribution in [2.24, 2.45) is 0 Å². The number of nitrogens with zero attached hydrogens (tertiary/aromatic N) is 2. The summed E-state index contributed by atoms with van der Waals surface area (Å²) in [4.78, 5) is 15.1. The molecule has 1 aromatic rings. The van der Waals surface area contributed by atoms with Crippen molar-refractivity contribution in [2.45, 2.75) is 19.3 Å². The summed E-state index contributed by atoms with van der Waals surface area (Å²) in [6, 6.07) is 5.51. The average molecular weight is 220 g/mol. The molecule has 1 aromatic heterocycles. The summed E-state index contributed by atoms with van der Waals surface area (Å²) in [5.74, 6) is 0.0844. The van der Waals surface area contributed by atoms with Crippen molar-refractivity contribution in [3.05, 3.63) is 21.9 Å². The maximum absolute atomic E-state index is 12.0. The van der Waals surface area contributed by atoms with Gasteiger partial charge in [0.1, 0.15) is 10.9 Å². The molecule has 0 spiro atoms. The van der Waals surface area contributed by atoms with Crippen molar-refractivity contribution in [3.63, 3.8) is 0 Å². The van der Waals surface area contributed by atoms with Crippen LogP contribution in [0.25, 0.3) is 0 Å². The fourth-order valence-corrected chi connectivity index (χ4v) is 2.54. The topological polar surface area (TPSA) is 44.1 Å². The molecule has 3 nitrogen and oxygen atoms in total. The molecule has 0 radical (unpaired) electrons. The molecule has 0 saturated carbocycles. The molecule has 2 heterocycles. The number of piperidine rings is 1. The van der Waals surface area contributed by atoms with Gasteiger partial charge < -0.3 is 4.90 Å². The van der Waals surface area contributed by atoms with Gasteiger partial charge in [-0.2, -0.15) is 5.26 Å². The van der Waals surface area contributed by atoms with Crippen LogP contribution in [-0.4, -0.2) is 23.9 Å². The van der Waals surface area contributed by atoms with Gasteiger partial charge in [-0.3, -0.25) is 4.79 Å². The maximum atomic E-state index is 12.0. The first-order valence-corrected chi connectivity index (χ1v) is 5.92. The molecule has 0 N–H and O–H groups in total. The lowest BCUT2D eigenvalue weighted by Crippen LogP contribution is -2.35. The van der Waals surface area contributed by atoms with Gasteiger partial charge in [0, 0.05) is 13.1 Å². The molecule has 0 aromatic carbocycles. The largest absolute Gasteiger partial charge is 0.338 e. The Hall–Kier alpha value is -1.34. The second-order valence-corrected chi connectivity index (χ2v) is 4.71. The molecular formula is C11H12N2OS. The van der Waals surface area contributed by atoms with Crippen molar-refractivity contribution < 1.29 is 4.79 Å². The molecule has 0 unspecified atom stereocenters. The predicted molar refractivity (Wildman–Crippen MR) is 58.8 cm³/mol. The molecule has 0 bridgehead atoms. The zero-order chi connectivity index (χ0) is 10.7. The number of carbonyl (C=O) groups excluding carboxylic acids is 1. The number of hydrogen-bond acceptors (Lipinski definition) is 3. The predicted octanol–water partition coefficient (Wildman–Crippen LogP) is 2.25. The van der Waals surface area contributed by atoms with Gasteiger partial charge in [0.2, 0.25) is 0 Å². The number of likely N-dealkylation sites (tertiary alicyclic amines) is 1. The minimum absolute atomic E-state index is 0.0844. The fraction of sp³-hybridized carbons (Fsp3) is 0.455. The number of hydrogen-bond donors (Lipinski definition) is 0. The molecule has 15 heavy (non-hydrogen) atoms. The van der Waals surface area contributed by atoms with Gasteiger partial charge in [0.15, 0.2) is 0 Å². The van der Waals surface area contributed by atoms with Gasteiger partial charge in [0.05, 0.1) is 4.88 Å².